The molecule has 0 aromatic carbocycles. The molecule has 0 radical (unpaired) electrons. The van der Waals surface area contributed by atoms with E-state index >= 15 is 0 Å². The molecule has 0 saturated heterocycles. The first kappa shape index (κ1) is 10.9. The van der Waals surface area contributed by atoms with E-state index in [9.17, 15) is 9.36 Å². The van der Waals surface area contributed by atoms with Gasteiger partial charge in [-0.05, 0) is 0 Å². The lowest BCUT2D eigenvalue weighted by Crippen LogP contribution is -2.03. The van der Waals surface area contributed by atoms with Crippen molar-refractivity contribution in [2.75, 3.05) is 14.2 Å². The Bertz CT molecular complexity index is 173. The molecule has 0 aromatic heterocycles. The monoisotopic (exact) mass is 204 g/mol. The highest BCUT2D eigenvalue weighted by Gasteiger charge is 2.37. The van der Waals surface area contributed by atoms with Crippen molar-refractivity contribution in [2.45, 2.75) is 0 Å². The van der Waals surface area contributed by atoms with Crippen molar-refractivity contribution in [3.8, 4) is 0 Å². The molecule has 0 bridgehead atoms. The Morgan fingerprint density at radius 3 is 2.27 bits per heavy atom. The van der Waals surface area contributed by atoms with E-state index in [1.54, 1.807) is 0 Å². The first-order valence-electron chi connectivity index (χ1n) is 2.32. The minimum absolute atomic E-state index is 0.986. The Morgan fingerprint density at radius 2 is 2.00 bits per heavy atom. The Labute approximate surface area is 68.0 Å². The minimum atomic E-state index is -4.01. The number of hydrogen-bond donors (Lipinski definition) is 0. The van der Waals surface area contributed by atoms with Crippen LogP contribution < -0.4 is 0 Å². The summed E-state index contributed by atoms with van der Waals surface area (Å²) in [5.41, 5.74) is -1.31. The van der Waals surface area contributed by atoms with Gasteiger partial charge >= 0.3 is 13.3 Å². The summed E-state index contributed by atoms with van der Waals surface area (Å²) in [7, 11) is -1.96. The zero-order chi connectivity index (χ0) is 8.91. The van der Waals surface area contributed by atoms with E-state index in [0.29, 0.717) is 0 Å². The lowest BCUT2D eigenvalue weighted by Gasteiger charge is -2.06. The highest BCUT2D eigenvalue weighted by Crippen LogP contribution is 2.50. The summed E-state index contributed by atoms with van der Waals surface area (Å²) < 4.78 is 18.8. The topological polar surface area (TPSA) is 71.1 Å². The Balaban J connectivity index is 4.26. The molecule has 66 valence electrons. The average molecular weight is 205 g/mol. The molecule has 6 nitrogen and oxygen atoms in total. The van der Waals surface area contributed by atoms with E-state index in [4.69, 9.17) is 11.9 Å². The van der Waals surface area contributed by atoms with Gasteiger partial charge in [0.1, 0.15) is 0 Å². The second-order valence-corrected chi connectivity index (χ2v) is 3.54. The third-order valence-corrected chi connectivity index (χ3v) is 2.44. The molecular weight excluding hydrogens is 198 g/mol. The Hall–Kier alpha value is -0.130. The maximum Gasteiger partial charge on any atom is 0.457 e. The van der Waals surface area contributed by atoms with Gasteiger partial charge in [-0.2, -0.15) is 8.96 Å². The summed E-state index contributed by atoms with van der Waals surface area (Å²) in [6, 6.07) is 0. The van der Waals surface area contributed by atoms with Crippen molar-refractivity contribution >= 4 is 25.2 Å². The molecule has 11 heavy (non-hydrogen) atoms. The smallest absolute Gasteiger partial charge is 0.303 e. The van der Waals surface area contributed by atoms with Gasteiger partial charge in [0.25, 0.3) is 0 Å². The molecule has 1 unspecified atom stereocenters. The van der Waals surface area contributed by atoms with Crippen molar-refractivity contribution in [3.05, 3.63) is 0 Å². The van der Waals surface area contributed by atoms with Crippen LogP contribution in [0.1, 0.15) is 0 Å². The fourth-order valence-corrected chi connectivity index (χ4v) is 1.01. The van der Waals surface area contributed by atoms with Crippen LogP contribution >= 0.6 is 19.5 Å². The molecule has 0 aliphatic carbocycles. The molecule has 0 heterocycles. The van der Waals surface area contributed by atoms with Gasteiger partial charge in [-0.1, -0.05) is 0 Å². The summed E-state index contributed by atoms with van der Waals surface area (Å²) in [5.74, 6) is 0. The maximum atomic E-state index is 10.9. The zero-order valence-electron chi connectivity index (χ0n) is 5.77. The van der Waals surface area contributed by atoms with Gasteiger partial charge in [0, 0.05) is 7.11 Å². The lowest BCUT2D eigenvalue weighted by atomic mass is 11.6. The number of carbonyl (C=O) groups excluding carboxylic acids is 1. The summed E-state index contributed by atoms with van der Waals surface area (Å²) in [6.07, 6.45) is 0. The molecule has 1 atom stereocenters. The van der Waals surface area contributed by atoms with Gasteiger partial charge in [0.2, 0.25) is 0 Å². The van der Waals surface area contributed by atoms with Crippen LogP contribution in [0.4, 0.5) is 4.79 Å². The van der Waals surface area contributed by atoms with Crippen molar-refractivity contribution in [1.29, 1.82) is 0 Å². The van der Waals surface area contributed by atoms with E-state index in [1.165, 1.54) is 0 Å². The molecule has 0 aliphatic rings. The highest BCUT2D eigenvalue weighted by atomic mass is 35.5. The van der Waals surface area contributed by atoms with Crippen LogP contribution in [0.2, 0.25) is 0 Å². The van der Waals surface area contributed by atoms with Crippen LogP contribution in [-0.4, -0.2) is 19.9 Å². The van der Waals surface area contributed by atoms with E-state index in [0.717, 1.165) is 14.2 Å². The molecule has 0 saturated carbocycles. The van der Waals surface area contributed by atoms with Crippen LogP contribution in [-0.2, 0) is 22.9 Å². The fraction of sp³-hybridized carbons (Fsp3) is 0.667. The Kier molecular flexibility index (Phi) is 4.63. The van der Waals surface area contributed by atoms with Crippen molar-refractivity contribution < 1.29 is 27.7 Å². The summed E-state index contributed by atoms with van der Waals surface area (Å²) >= 11 is 4.69. The number of carbonyl (C=O) groups is 1. The normalized spacial score (nSPS) is 15.5. The predicted octanol–water partition coefficient (Wildman–Crippen LogP) is 1.69. The quantitative estimate of drug-likeness (QED) is 0.394. The maximum absolute atomic E-state index is 10.9. The zero-order valence-corrected chi connectivity index (χ0v) is 7.43. The first-order chi connectivity index (χ1) is 5.10. The van der Waals surface area contributed by atoms with Crippen molar-refractivity contribution in [1.82, 2.24) is 0 Å². The van der Waals surface area contributed by atoms with Crippen molar-refractivity contribution in [3.63, 3.8) is 0 Å². The SMILES string of the molecule is COOC(=O)P(=O)(OC)OCl. The largest absolute Gasteiger partial charge is 0.457 e. The second-order valence-electron chi connectivity index (χ2n) is 1.26. The van der Waals surface area contributed by atoms with Gasteiger partial charge in [-0.25, -0.2) is 9.36 Å². The molecule has 0 amide bonds. The standard InChI is InChI=1S/C3H6ClO6P/c1-7-9-3(5)11(6,8-2)10-4/h1-2H3. The van der Waals surface area contributed by atoms with Crippen LogP contribution in [0.5, 0.6) is 0 Å². The number of hydrogen-bond acceptors (Lipinski definition) is 6. The molecule has 0 fully saturated rings. The average Bonchev–Trinajstić information content (AvgIpc) is 2.03. The van der Waals surface area contributed by atoms with E-state index in [2.05, 4.69) is 18.4 Å². The van der Waals surface area contributed by atoms with Crippen LogP contribution in [0.25, 0.3) is 0 Å². The Morgan fingerprint density at radius 1 is 1.45 bits per heavy atom. The van der Waals surface area contributed by atoms with Gasteiger partial charge in [0.05, 0.1) is 19.0 Å². The van der Waals surface area contributed by atoms with Gasteiger partial charge in [-0.3, -0.25) is 4.89 Å². The molecule has 0 rings (SSSR count). The third kappa shape index (κ3) is 2.76. The third-order valence-electron chi connectivity index (χ3n) is 0.709. The molecular formula is C3H6ClO6P. The van der Waals surface area contributed by atoms with E-state index in [-0.39, 0.29) is 0 Å². The first-order valence-corrected chi connectivity index (χ1v) is 4.17. The number of halogens is 1. The van der Waals surface area contributed by atoms with Gasteiger partial charge in [-0.15, -0.1) is 0 Å². The van der Waals surface area contributed by atoms with Gasteiger partial charge in [0.15, 0.2) is 0 Å². The predicted molar refractivity (Wildman–Crippen MR) is 35.0 cm³/mol. The molecule has 8 heteroatoms. The molecule has 0 aliphatic heterocycles. The highest BCUT2D eigenvalue weighted by molar-refractivity contribution is 7.71. The number of rotatable bonds is 4. The summed E-state index contributed by atoms with van der Waals surface area (Å²) in [6.45, 7) is 0. The van der Waals surface area contributed by atoms with Gasteiger partial charge < -0.3 is 4.52 Å². The molecule has 0 spiro atoms. The second kappa shape index (κ2) is 4.69. The van der Waals surface area contributed by atoms with Crippen LogP contribution in [0, 0.1) is 0 Å². The summed E-state index contributed by atoms with van der Waals surface area (Å²) in [4.78, 5) is 18.3. The summed E-state index contributed by atoms with van der Waals surface area (Å²) in [5, 5.41) is 0. The fourth-order valence-electron chi connectivity index (χ4n) is 0.248. The minimum Gasteiger partial charge on any atom is -0.303 e. The lowest BCUT2D eigenvalue weighted by molar-refractivity contribution is -0.205. The van der Waals surface area contributed by atoms with Crippen LogP contribution in [0.15, 0.2) is 0 Å². The molecule has 0 aromatic rings. The molecule has 0 N–H and O–H groups in total. The van der Waals surface area contributed by atoms with E-state index < -0.39 is 13.3 Å². The van der Waals surface area contributed by atoms with E-state index in [1.807, 2.05) is 0 Å². The van der Waals surface area contributed by atoms with Crippen LogP contribution in [0.3, 0.4) is 0 Å². The van der Waals surface area contributed by atoms with Crippen molar-refractivity contribution in [2.24, 2.45) is 0 Å².